The zero-order chi connectivity index (χ0) is 16.2. The third-order valence-electron chi connectivity index (χ3n) is 3.74. The average Bonchev–Trinajstić information content (AvgIpc) is 3.09. The lowest BCUT2D eigenvalue weighted by Gasteiger charge is -2.15. The molecule has 2 aromatic rings. The Bertz CT molecular complexity index is 725. The highest BCUT2D eigenvalue weighted by Crippen LogP contribution is 2.16. The molecule has 23 heavy (non-hydrogen) atoms. The first-order chi connectivity index (χ1) is 11.1. The lowest BCUT2D eigenvalue weighted by atomic mass is 10.2. The van der Waals surface area contributed by atoms with E-state index in [1.165, 1.54) is 12.3 Å². The van der Waals surface area contributed by atoms with Gasteiger partial charge in [-0.15, -0.1) is 0 Å². The molecule has 1 fully saturated rings. The first kappa shape index (κ1) is 15.5. The third-order valence-corrected chi connectivity index (χ3v) is 3.97. The first-order valence-electron chi connectivity index (χ1n) is 7.46. The van der Waals surface area contributed by atoms with Crippen LogP contribution < -0.4 is 5.32 Å². The summed E-state index contributed by atoms with van der Waals surface area (Å²) in [6.07, 6.45) is 3.61. The van der Waals surface area contributed by atoms with Crippen LogP contribution >= 0.6 is 11.6 Å². The molecule has 0 bridgehead atoms. The first-order valence-corrected chi connectivity index (χ1v) is 7.83. The van der Waals surface area contributed by atoms with Crippen LogP contribution in [0.15, 0.2) is 42.6 Å². The molecule has 0 atom stereocenters. The molecule has 1 aromatic carbocycles. The number of nitrogens with zero attached hydrogens (tertiary/aromatic N) is 2. The van der Waals surface area contributed by atoms with E-state index in [1.807, 2.05) is 4.90 Å². The summed E-state index contributed by atoms with van der Waals surface area (Å²) in [6.45, 7) is 1.63. The van der Waals surface area contributed by atoms with Crippen molar-refractivity contribution in [2.45, 2.75) is 12.8 Å². The number of anilines is 1. The fourth-order valence-electron chi connectivity index (χ4n) is 2.52. The van der Waals surface area contributed by atoms with Gasteiger partial charge in [0.25, 0.3) is 11.8 Å². The SMILES string of the molecule is O=C(Nc1ccc(C(=O)N2CCCC2)cc1)c1cc(Cl)ccn1. The van der Waals surface area contributed by atoms with Crippen LogP contribution in [0.3, 0.4) is 0 Å². The lowest BCUT2D eigenvalue weighted by Crippen LogP contribution is -2.27. The molecule has 0 saturated carbocycles. The lowest BCUT2D eigenvalue weighted by molar-refractivity contribution is 0.0792. The van der Waals surface area contributed by atoms with Gasteiger partial charge in [-0.25, -0.2) is 0 Å². The number of hydrogen-bond acceptors (Lipinski definition) is 3. The molecular weight excluding hydrogens is 314 g/mol. The number of amides is 2. The van der Waals surface area contributed by atoms with E-state index in [9.17, 15) is 9.59 Å². The minimum atomic E-state index is -0.342. The molecule has 118 valence electrons. The molecule has 2 heterocycles. The Balaban J connectivity index is 1.67. The standard InChI is InChI=1S/C17H16ClN3O2/c18-13-7-8-19-15(11-13)16(22)20-14-5-3-12(4-6-14)17(23)21-9-1-2-10-21/h3-8,11H,1-2,9-10H2,(H,20,22). The van der Waals surface area contributed by atoms with Crippen LogP contribution in [0.4, 0.5) is 5.69 Å². The normalized spacial score (nSPS) is 13.9. The predicted molar refractivity (Wildman–Crippen MR) is 88.8 cm³/mol. The number of carbonyl (C=O) groups excluding carboxylic acids is 2. The highest BCUT2D eigenvalue weighted by Gasteiger charge is 2.19. The second kappa shape index (κ2) is 6.79. The zero-order valence-corrected chi connectivity index (χ0v) is 13.2. The smallest absolute Gasteiger partial charge is 0.274 e. The molecule has 0 unspecified atom stereocenters. The van der Waals surface area contributed by atoms with Crippen LogP contribution in [-0.2, 0) is 0 Å². The fourth-order valence-corrected chi connectivity index (χ4v) is 2.68. The van der Waals surface area contributed by atoms with Gasteiger partial charge in [-0.3, -0.25) is 14.6 Å². The van der Waals surface area contributed by atoms with E-state index >= 15 is 0 Å². The van der Waals surface area contributed by atoms with Crippen molar-refractivity contribution >= 4 is 29.1 Å². The number of likely N-dealkylation sites (tertiary alicyclic amines) is 1. The maximum absolute atomic E-state index is 12.3. The molecule has 5 nitrogen and oxygen atoms in total. The maximum atomic E-state index is 12.3. The Morgan fingerprint density at radius 1 is 1.09 bits per heavy atom. The van der Waals surface area contributed by atoms with Crippen LogP contribution in [-0.4, -0.2) is 34.8 Å². The van der Waals surface area contributed by atoms with Gasteiger partial charge in [-0.1, -0.05) is 11.6 Å². The Hall–Kier alpha value is -2.40. The number of nitrogens with one attached hydrogen (secondary N) is 1. The van der Waals surface area contributed by atoms with Gasteiger partial charge >= 0.3 is 0 Å². The fraction of sp³-hybridized carbons (Fsp3) is 0.235. The summed E-state index contributed by atoms with van der Waals surface area (Å²) < 4.78 is 0. The van der Waals surface area contributed by atoms with Crippen molar-refractivity contribution in [3.05, 3.63) is 58.9 Å². The summed E-state index contributed by atoms with van der Waals surface area (Å²) in [5.74, 6) is -0.303. The van der Waals surface area contributed by atoms with Crippen LogP contribution in [0.2, 0.25) is 5.02 Å². The summed E-state index contributed by atoms with van der Waals surface area (Å²) in [5.41, 5.74) is 1.48. The number of hydrogen-bond donors (Lipinski definition) is 1. The van der Waals surface area contributed by atoms with Crippen LogP contribution in [0, 0.1) is 0 Å². The van der Waals surface area contributed by atoms with E-state index < -0.39 is 0 Å². The van der Waals surface area contributed by atoms with Gasteiger partial charge in [0.05, 0.1) is 0 Å². The van der Waals surface area contributed by atoms with E-state index in [0.717, 1.165) is 25.9 Å². The van der Waals surface area contributed by atoms with Crippen molar-refractivity contribution in [2.75, 3.05) is 18.4 Å². The van der Waals surface area contributed by atoms with Crippen LogP contribution in [0.25, 0.3) is 0 Å². The van der Waals surface area contributed by atoms with Gasteiger partial charge in [0.1, 0.15) is 5.69 Å². The van der Waals surface area contributed by atoms with E-state index in [4.69, 9.17) is 11.6 Å². The minimum Gasteiger partial charge on any atom is -0.339 e. The Morgan fingerprint density at radius 2 is 1.78 bits per heavy atom. The summed E-state index contributed by atoms with van der Waals surface area (Å²) in [5, 5.41) is 3.19. The van der Waals surface area contributed by atoms with Crippen molar-refractivity contribution in [1.82, 2.24) is 9.88 Å². The molecule has 0 radical (unpaired) electrons. The van der Waals surface area contributed by atoms with Crippen molar-refractivity contribution in [2.24, 2.45) is 0 Å². The zero-order valence-electron chi connectivity index (χ0n) is 12.5. The van der Waals surface area contributed by atoms with Gasteiger partial charge in [0.15, 0.2) is 0 Å². The number of halogens is 1. The topological polar surface area (TPSA) is 62.3 Å². The molecule has 1 aromatic heterocycles. The number of benzene rings is 1. The summed E-state index contributed by atoms with van der Waals surface area (Å²) in [7, 11) is 0. The Morgan fingerprint density at radius 3 is 2.43 bits per heavy atom. The monoisotopic (exact) mass is 329 g/mol. The van der Waals surface area contributed by atoms with E-state index in [1.54, 1.807) is 30.3 Å². The second-order valence-electron chi connectivity index (χ2n) is 5.39. The molecule has 3 rings (SSSR count). The van der Waals surface area contributed by atoms with Gasteiger partial charge < -0.3 is 10.2 Å². The predicted octanol–water partition coefficient (Wildman–Crippen LogP) is 3.22. The molecule has 6 heteroatoms. The average molecular weight is 330 g/mol. The molecule has 1 saturated heterocycles. The van der Waals surface area contributed by atoms with Gasteiger partial charge in [0, 0.05) is 35.6 Å². The molecule has 1 aliphatic heterocycles. The molecule has 2 amide bonds. The molecule has 0 aliphatic carbocycles. The van der Waals surface area contributed by atoms with E-state index in [0.29, 0.717) is 16.3 Å². The number of rotatable bonds is 3. The maximum Gasteiger partial charge on any atom is 0.274 e. The van der Waals surface area contributed by atoms with Crippen molar-refractivity contribution in [3.8, 4) is 0 Å². The molecule has 0 spiro atoms. The Labute approximate surface area is 139 Å². The highest BCUT2D eigenvalue weighted by molar-refractivity contribution is 6.30. The second-order valence-corrected chi connectivity index (χ2v) is 5.83. The van der Waals surface area contributed by atoms with Gasteiger partial charge in [0.2, 0.25) is 0 Å². The minimum absolute atomic E-state index is 0.0388. The van der Waals surface area contributed by atoms with Gasteiger partial charge in [-0.2, -0.15) is 0 Å². The Kier molecular flexibility index (Phi) is 4.57. The highest BCUT2D eigenvalue weighted by atomic mass is 35.5. The summed E-state index contributed by atoms with van der Waals surface area (Å²) in [4.78, 5) is 30.2. The van der Waals surface area contributed by atoms with Crippen molar-refractivity contribution in [1.29, 1.82) is 0 Å². The van der Waals surface area contributed by atoms with Crippen LogP contribution in [0.1, 0.15) is 33.7 Å². The number of carbonyl (C=O) groups is 2. The number of aromatic nitrogens is 1. The molecular formula is C17H16ClN3O2. The van der Waals surface area contributed by atoms with Crippen LogP contribution in [0.5, 0.6) is 0 Å². The van der Waals surface area contributed by atoms with E-state index in [2.05, 4.69) is 10.3 Å². The number of pyridine rings is 1. The molecule has 1 N–H and O–H groups in total. The summed E-state index contributed by atoms with van der Waals surface area (Å²) in [6, 6.07) is 9.99. The third kappa shape index (κ3) is 3.68. The van der Waals surface area contributed by atoms with Crippen molar-refractivity contribution in [3.63, 3.8) is 0 Å². The molecule has 1 aliphatic rings. The van der Waals surface area contributed by atoms with Crippen molar-refractivity contribution < 1.29 is 9.59 Å². The summed E-state index contributed by atoms with van der Waals surface area (Å²) >= 11 is 5.85. The van der Waals surface area contributed by atoms with Gasteiger partial charge in [-0.05, 0) is 49.2 Å². The quantitative estimate of drug-likeness (QED) is 0.940. The van der Waals surface area contributed by atoms with E-state index in [-0.39, 0.29) is 17.5 Å². The largest absolute Gasteiger partial charge is 0.339 e.